The van der Waals surface area contributed by atoms with E-state index in [0.29, 0.717) is 12.8 Å². The average Bonchev–Trinajstić information content (AvgIpc) is 2.53. The Hall–Kier alpha value is -2.40. The monoisotopic (exact) mass is 309 g/mol. The summed E-state index contributed by atoms with van der Waals surface area (Å²) in [6.07, 6.45) is 0.921. The van der Waals surface area contributed by atoms with Crippen molar-refractivity contribution in [3.8, 4) is 17.9 Å². The number of aryl methyl sites for hydroxylation is 1. The molecule has 2 aromatic rings. The van der Waals surface area contributed by atoms with Gasteiger partial charge in [-0.2, -0.15) is 5.26 Å². The molecule has 22 heavy (non-hydrogen) atoms. The molecule has 4 heteroatoms. The highest BCUT2D eigenvalue weighted by atomic mass is 32.2. The van der Waals surface area contributed by atoms with Crippen LogP contribution in [0.2, 0.25) is 0 Å². The molecule has 0 aromatic heterocycles. The van der Waals surface area contributed by atoms with Crippen LogP contribution in [0.5, 0.6) is 0 Å². The molecule has 0 bridgehead atoms. The number of hydrogen-bond acceptors (Lipinski definition) is 2. The fourth-order valence-corrected chi connectivity index (χ4v) is 2.39. The Balaban J connectivity index is 2.12. The number of hydrogen-bond donors (Lipinski definition) is 1. The summed E-state index contributed by atoms with van der Waals surface area (Å²) in [7, 11) is 0. The van der Waals surface area contributed by atoms with Gasteiger partial charge in [-0.25, -0.2) is 4.21 Å². The maximum atomic E-state index is 10.6. The van der Waals surface area contributed by atoms with Gasteiger partial charge in [0, 0.05) is 11.1 Å². The largest absolute Gasteiger partial charge is 0.306 e. The zero-order valence-corrected chi connectivity index (χ0v) is 12.8. The third kappa shape index (κ3) is 4.86. The smallest absolute Gasteiger partial charge is 0.153 e. The molecule has 0 saturated heterocycles. The van der Waals surface area contributed by atoms with Crippen molar-refractivity contribution in [1.82, 2.24) is 0 Å². The van der Waals surface area contributed by atoms with E-state index in [9.17, 15) is 4.21 Å². The third-order valence-electron chi connectivity index (χ3n) is 3.15. The lowest BCUT2D eigenvalue weighted by Crippen LogP contribution is -1.98. The van der Waals surface area contributed by atoms with Gasteiger partial charge in [-0.15, -0.1) is 0 Å². The standard InChI is InChI=1S/C18H15NO2S/c19-13-11-18-4-2-1-3-17(18)10-9-15-5-7-16(8-6-15)12-14-22(20)21/h1-8H,11-12,14H2,(H,20,21). The van der Waals surface area contributed by atoms with Crippen LogP contribution in [0.25, 0.3) is 0 Å². The first kappa shape index (κ1) is 16.0. The van der Waals surface area contributed by atoms with Gasteiger partial charge in [0.2, 0.25) is 0 Å². The molecule has 2 aromatic carbocycles. The van der Waals surface area contributed by atoms with Crippen LogP contribution in [0.4, 0.5) is 0 Å². The van der Waals surface area contributed by atoms with E-state index in [4.69, 9.17) is 9.81 Å². The molecule has 0 aliphatic heterocycles. The summed E-state index contributed by atoms with van der Waals surface area (Å²) >= 11 is -1.76. The summed E-state index contributed by atoms with van der Waals surface area (Å²) in [4.78, 5) is 0. The maximum Gasteiger partial charge on any atom is 0.153 e. The zero-order chi connectivity index (χ0) is 15.8. The molecule has 1 atom stereocenters. The van der Waals surface area contributed by atoms with Crippen molar-refractivity contribution in [1.29, 1.82) is 5.26 Å². The normalized spacial score (nSPS) is 11.1. The van der Waals surface area contributed by atoms with E-state index in [1.54, 1.807) is 0 Å². The minimum Gasteiger partial charge on any atom is -0.306 e. The van der Waals surface area contributed by atoms with Crippen molar-refractivity contribution >= 4 is 11.1 Å². The van der Waals surface area contributed by atoms with Gasteiger partial charge in [-0.3, -0.25) is 0 Å². The van der Waals surface area contributed by atoms with Crippen LogP contribution in [0, 0.1) is 23.2 Å². The summed E-state index contributed by atoms with van der Waals surface area (Å²) in [5, 5.41) is 8.81. The number of benzene rings is 2. The van der Waals surface area contributed by atoms with E-state index in [-0.39, 0.29) is 5.75 Å². The van der Waals surface area contributed by atoms with Crippen molar-refractivity contribution in [3.05, 3.63) is 70.8 Å². The molecule has 0 aliphatic carbocycles. The predicted octanol–water partition coefficient (Wildman–Crippen LogP) is 2.92. The van der Waals surface area contributed by atoms with Crippen molar-refractivity contribution in [3.63, 3.8) is 0 Å². The SMILES string of the molecule is N#CCc1ccccc1C#Cc1ccc(CCS(=O)O)cc1. The molecular weight excluding hydrogens is 294 g/mol. The van der Waals surface area contributed by atoms with Gasteiger partial charge in [0.15, 0.2) is 11.1 Å². The Kier molecular flexibility index (Phi) is 5.91. The Labute approximate surface area is 132 Å². The molecule has 0 radical (unpaired) electrons. The maximum absolute atomic E-state index is 10.6. The van der Waals surface area contributed by atoms with Crippen LogP contribution in [-0.4, -0.2) is 14.5 Å². The van der Waals surface area contributed by atoms with Gasteiger partial charge in [0.05, 0.1) is 18.2 Å². The Bertz CT molecular complexity index is 764. The quantitative estimate of drug-likeness (QED) is 0.698. The molecule has 0 saturated carbocycles. The summed E-state index contributed by atoms with van der Waals surface area (Å²) in [6.45, 7) is 0. The molecule has 1 N–H and O–H groups in total. The lowest BCUT2D eigenvalue weighted by Gasteiger charge is -2.00. The molecule has 110 valence electrons. The van der Waals surface area contributed by atoms with Crippen LogP contribution in [0.3, 0.4) is 0 Å². The first-order valence-electron chi connectivity index (χ1n) is 6.82. The highest BCUT2D eigenvalue weighted by Gasteiger charge is 1.99. The molecule has 0 spiro atoms. The van der Waals surface area contributed by atoms with E-state index >= 15 is 0 Å². The molecule has 2 rings (SSSR count). The van der Waals surface area contributed by atoms with Crippen molar-refractivity contribution in [2.24, 2.45) is 0 Å². The minimum absolute atomic E-state index is 0.243. The zero-order valence-electron chi connectivity index (χ0n) is 12.0. The average molecular weight is 309 g/mol. The van der Waals surface area contributed by atoms with Gasteiger partial charge in [-0.1, -0.05) is 42.2 Å². The van der Waals surface area contributed by atoms with E-state index < -0.39 is 11.1 Å². The van der Waals surface area contributed by atoms with Gasteiger partial charge < -0.3 is 4.55 Å². The fourth-order valence-electron chi connectivity index (χ4n) is 1.98. The summed E-state index contributed by atoms with van der Waals surface area (Å²) < 4.78 is 19.4. The van der Waals surface area contributed by atoms with E-state index in [0.717, 1.165) is 22.3 Å². The molecule has 0 fully saturated rings. The second-order valence-corrected chi connectivity index (χ2v) is 5.77. The molecule has 0 aliphatic rings. The van der Waals surface area contributed by atoms with Crippen LogP contribution in [0.15, 0.2) is 48.5 Å². The summed E-state index contributed by atoms with van der Waals surface area (Å²) in [5.74, 6) is 6.42. The molecule has 3 nitrogen and oxygen atoms in total. The van der Waals surface area contributed by atoms with E-state index in [1.807, 2.05) is 48.5 Å². The first-order chi connectivity index (χ1) is 10.7. The molecular formula is C18H15NO2S. The Morgan fingerprint density at radius 1 is 1.05 bits per heavy atom. The predicted molar refractivity (Wildman–Crippen MR) is 87.5 cm³/mol. The number of nitrogens with zero attached hydrogens (tertiary/aromatic N) is 1. The second-order valence-electron chi connectivity index (χ2n) is 4.71. The van der Waals surface area contributed by atoms with Gasteiger partial charge in [0.1, 0.15) is 0 Å². The van der Waals surface area contributed by atoms with Crippen LogP contribution >= 0.6 is 0 Å². The first-order valence-corrected chi connectivity index (χ1v) is 8.10. The van der Waals surface area contributed by atoms with Crippen LogP contribution in [-0.2, 0) is 23.9 Å². The summed E-state index contributed by atoms with van der Waals surface area (Å²) in [6, 6.07) is 17.4. The lowest BCUT2D eigenvalue weighted by molar-refractivity contribution is 0.563. The van der Waals surface area contributed by atoms with Crippen LogP contribution < -0.4 is 0 Å². The highest BCUT2D eigenvalue weighted by Crippen LogP contribution is 2.09. The number of nitriles is 1. The Morgan fingerprint density at radius 2 is 1.77 bits per heavy atom. The summed E-state index contributed by atoms with van der Waals surface area (Å²) in [5.41, 5.74) is 3.68. The van der Waals surface area contributed by atoms with E-state index in [1.165, 1.54) is 0 Å². The van der Waals surface area contributed by atoms with Gasteiger partial charge >= 0.3 is 0 Å². The molecule has 0 heterocycles. The van der Waals surface area contributed by atoms with Gasteiger partial charge in [-0.05, 0) is 35.7 Å². The van der Waals surface area contributed by atoms with E-state index in [2.05, 4.69) is 17.9 Å². The van der Waals surface area contributed by atoms with Crippen molar-refractivity contribution < 1.29 is 8.76 Å². The minimum atomic E-state index is -1.76. The molecule has 1 unspecified atom stereocenters. The Morgan fingerprint density at radius 3 is 2.45 bits per heavy atom. The third-order valence-corrected chi connectivity index (χ3v) is 3.70. The second kappa shape index (κ2) is 8.14. The van der Waals surface area contributed by atoms with Gasteiger partial charge in [0.25, 0.3) is 0 Å². The van der Waals surface area contributed by atoms with Crippen molar-refractivity contribution in [2.45, 2.75) is 12.8 Å². The fraction of sp³-hybridized carbons (Fsp3) is 0.167. The highest BCUT2D eigenvalue weighted by molar-refractivity contribution is 7.79. The topological polar surface area (TPSA) is 61.1 Å². The van der Waals surface area contributed by atoms with Crippen LogP contribution in [0.1, 0.15) is 22.3 Å². The number of rotatable bonds is 4. The van der Waals surface area contributed by atoms with Crippen molar-refractivity contribution in [2.75, 3.05) is 5.75 Å². The lowest BCUT2D eigenvalue weighted by atomic mass is 10.0. The molecule has 0 amide bonds.